The largest absolute Gasteiger partial charge is 0.481 e. The third kappa shape index (κ3) is 1.58. The van der Waals surface area contributed by atoms with Crippen LogP contribution >= 0.6 is 0 Å². The Hall–Kier alpha value is -1.02. The van der Waals surface area contributed by atoms with Gasteiger partial charge in [-0.1, -0.05) is 6.42 Å². The number of halogens is 7. The fourth-order valence-corrected chi connectivity index (χ4v) is 1.67. The second-order valence-electron chi connectivity index (χ2n) is 3.89. The number of rotatable bonds is 3. The Kier molecular flexibility index (Phi) is 2.88. The van der Waals surface area contributed by atoms with Gasteiger partial charge in [0.25, 0.3) is 0 Å². The van der Waals surface area contributed by atoms with Gasteiger partial charge in [-0.25, -0.2) is 0 Å². The molecule has 1 saturated carbocycles. The predicted octanol–water partition coefficient (Wildman–Crippen LogP) is 3.07. The highest BCUT2D eigenvalue weighted by molar-refractivity contribution is 5.77. The summed E-state index contributed by atoms with van der Waals surface area (Å²) in [5, 5.41) is 8.47. The van der Waals surface area contributed by atoms with Crippen LogP contribution in [-0.2, 0) is 4.79 Å². The lowest BCUT2D eigenvalue weighted by molar-refractivity contribution is -0.383. The van der Waals surface area contributed by atoms with Gasteiger partial charge in [-0.15, -0.1) is 0 Å². The third-order valence-electron chi connectivity index (χ3n) is 2.97. The standard InChI is InChI=1S/C8H7F7O2/c9-6(10,7(11,12)8(13,14)15)5(4(16)17)2-1-3-5/h1-3H2,(H,16,17). The molecule has 1 rings (SSSR count). The van der Waals surface area contributed by atoms with Crippen molar-refractivity contribution in [2.45, 2.75) is 37.3 Å². The average Bonchev–Trinajstić information content (AvgIpc) is 1.96. The van der Waals surface area contributed by atoms with Crippen LogP contribution < -0.4 is 0 Å². The first-order valence-corrected chi connectivity index (χ1v) is 4.46. The molecular formula is C8H7F7O2. The van der Waals surface area contributed by atoms with Crippen LogP contribution in [0.1, 0.15) is 19.3 Å². The van der Waals surface area contributed by atoms with Crippen LogP contribution in [0.3, 0.4) is 0 Å². The summed E-state index contributed by atoms with van der Waals surface area (Å²) in [7, 11) is 0. The van der Waals surface area contributed by atoms with Gasteiger partial charge < -0.3 is 5.11 Å². The molecule has 2 nitrogen and oxygen atoms in total. The number of hydrogen-bond donors (Lipinski definition) is 1. The summed E-state index contributed by atoms with van der Waals surface area (Å²) in [4.78, 5) is 10.5. The van der Waals surface area contributed by atoms with Crippen molar-refractivity contribution in [2.24, 2.45) is 5.41 Å². The van der Waals surface area contributed by atoms with Crippen LogP contribution in [0.15, 0.2) is 0 Å². The third-order valence-corrected chi connectivity index (χ3v) is 2.97. The van der Waals surface area contributed by atoms with Crippen molar-refractivity contribution in [2.75, 3.05) is 0 Å². The zero-order valence-electron chi connectivity index (χ0n) is 8.12. The van der Waals surface area contributed by atoms with Crippen LogP contribution in [-0.4, -0.2) is 29.1 Å². The molecule has 0 bridgehead atoms. The van der Waals surface area contributed by atoms with E-state index in [1.807, 2.05) is 0 Å². The maximum atomic E-state index is 13.2. The maximum Gasteiger partial charge on any atom is 0.459 e. The molecule has 0 amide bonds. The van der Waals surface area contributed by atoms with Gasteiger partial charge in [0.05, 0.1) is 0 Å². The van der Waals surface area contributed by atoms with Crippen molar-refractivity contribution in [3.8, 4) is 0 Å². The Morgan fingerprint density at radius 1 is 1.00 bits per heavy atom. The van der Waals surface area contributed by atoms with Gasteiger partial charge in [0, 0.05) is 0 Å². The molecule has 1 N–H and O–H groups in total. The molecular weight excluding hydrogens is 261 g/mol. The average molecular weight is 268 g/mol. The topological polar surface area (TPSA) is 37.3 Å². The number of alkyl halides is 7. The molecule has 0 atom stereocenters. The monoisotopic (exact) mass is 268 g/mol. The Labute approximate surface area is 90.4 Å². The summed E-state index contributed by atoms with van der Waals surface area (Å²) in [5.74, 6) is -14.4. The Balaban J connectivity index is 3.23. The van der Waals surface area contributed by atoms with Crippen molar-refractivity contribution < 1.29 is 40.6 Å². The molecule has 0 aromatic carbocycles. The first kappa shape index (κ1) is 14.0. The van der Waals surface area contributed by atoms with Crippen molar-refractivity contribution in [1.29, 1.82) is 0 Å². The molecule has 1 fully saturated rings. The summed E-state index contributed by atoms with van der Waals surface area (Å²) in [5.41, 5.74) is -3.33. The van der Waals surface area contributed by atoms with Gasteiger partial charge in [0.2, 0.25) is 0 Å². The highest BCUT2D eigenvalue weighted by Crippen LogP contribution is 2.61. The van der Waals surface area contributed by atoms with Crippen molar-refractivity contribution >= 4 is 5.97 Å². The molecule has 9 heteroatoms. The molecule has 0 saturated heterocycles. The zero-order chi connectivity index (χ0) is 13.7. The van der Waals surface area contributed by atoms with Crippen LogP contribution in [0.25, 0.3) is 0 Å². The molecule has 0 radical (unpaired) electrons. The molecule has 1 aliphatic carbocycles. The van der Waals surface area contributed by atoms with Gasteiger partial charge >= 0.3 is 24.0 Å². The number of carboxylic acids is 1. The lowest BCUT2D eigenvalue weighted by Gasteiger charge is -2.46. The Morgan fingerprint density at radius 2 is 1.41 bits per heavy atom. The summed E-state index contributed by atoms with van der Waals surface area (Å²) < 4.78 is 87.3. The van der Waals surface area contributed by atoms with E-state index in [1.165, 1.54) is 0 Å². The summed E-state index contributed by atoms with van der Waals surface area (Å²) >= 11 is 0. The lowest BCUT2D eigenvalue weighted by Crippen LogP contribution is -2.65. The van der Waals surface area contributed by atoms with E-state index < -0.39 is 42.2 Å². The number of hydrogen-bond acceptors (Lipinski definition) is 1. The van der Waals surface area contributed by atoms with E-state index >= 15 is 0 Å². The van der Waals surface area contributed by atoms with Gasteiger partial charge in [-0.2, -0.15) is 30.7 Å². The van der Waals surface area contributed by atoms with Gasteiger partial charge in [-0.05, 0) is 12.8 Å². The fourth-order valence-electron chi connectivity index (χ4n) is 1.67. The first-order valence-electron chi connectivity index (χ1n) is 4.46. The number of aliphatic carboxylic acids is 1. The number of carboxylic acid groups (broad SMARTS) is 1. The smallest absolute Gasteiger partial charge is 0.459 e. The van der Waals surface area contributed by atoms with E-state index in [0.29, 0.717) is 0 Å². The van der Waals surface area contributed by atoms with E-state index in [2.05, 4.69) is 0 Å². The molecule has 0 spiro atoms. The lowest BCUT2D eigenvalue weighted by atomic mass is 9.63. The minimum absolute atomic E-state index is 0.129. The second-order valence-corrected chi connectivity index (χ2v) is 3.89. The van der Waals surface area contributed by atoms with Crippen molar-refractivity contribution in [3.63, 3.8) is 0 Å². The first-order chi connectivity index (χ1) is 7.40. The number of carbonyl (C=O) groups is 1. The quantitative estimate of drug-likeness (QED) is 0.799. The van der Waals surface area contributed by atoms with Crippen LogP contribution in [0.5, 0.6) is 0 Å². The van der Waals surface area contributed by atoms with E-state index in [-0.39, 0.29) is 6.42 Å². The molecule has 0 aromatic rings. The summed E-state index contributed by atoms with van der Waals surface area (Å²) in [6, 6.07) is 0. The summed E-state index contributed by atoms with van der Waals surface area (Å²) in [6.45, 7) is 0. The Bertz CT molecular complexity index is 329. The predicted molar refractivity (Wildman–Crippen MR) is 39.9 cm³/mol. The second kappa shape index (κ2) is 3.49. The minimum atomic E-state index is -6.49. The van der Waals surface area contributed by atoms with Crippen molar-refractivity contribution in [1.82, 2.24) is 0 Å². The zero-order valence-corrected chi connectivity index (χ0v) is 8.12. The molecule has 100 valence electrons. The normalized spacial score (nSPS) is 20.9. The fraction of sp³-hybridized carbons (Fsp3) is 0.875. The highest BCUT2D eigenvalue weighted by atomic mass is 19.4. The molecule has 17 heavy (non-hydrogen) atoms. The van der Waals surface area contributed by atoms with E-state index in [0.717, 1.165) is 0 Å². The van der Waals surface area contributed by atoms with Gasteiger partial charge in [0.1, 0.15) is 5.41 Å². The van der Waals surface area contributed by atoms with Crippen LogP contribution in [0, 0.1) is 5.41 Å². The molecule has 0 heterocycles. The van der Waals surface area contributed by atoms with Crippen LogP contribution in [0.4, 0.5) is 30.7 Å². The molecule has 0 aliphatic heterocycles. The SMILES string of the molecule is O=C(O)C1(C(F)(F)C(F)(F)C(F)(F)F)CCC1. The van der Waals surface area contributed by atoms with Crippen LogP contribution in [0.2, 0.25) is 0 Å². The van der Waals surface area contributed by atoms with Gasteiger partial charge in [-0.3, -0.25) is 4.79 Å². The minimum Gasteiger partial charge on any atom is -0.481 e. The molecule has 0 aromatic heterocycles. The molecule has 0 unspecified atom stereocenters. The summed E-state index contributed by atoms with van der Waals surface area (Å²) in [6.07, 6.45) is -8.42. The maximum absolute atomic E-state index is 13.2. The van der Waals surface area contributed by atoms with Gasteiger partial charge in [0.15, 0.2) is 0 Å². The van der Waals surface area contributed by atoms with E-state index in [1.54, 1.807) is 0 Å². The Morgan fingerprint density at radius 3 is 1.59 bits per heavy atom. The van der Waals surface area contributed by atoms with E-state index in [9.17, 15) is 35.5 Å². The van der Waals surface area contributed by atoms with Crippen molar-refractivity contribution in [3.05, 3.63) is 0 Å². The molecule has 1 aliphatic rings. The van der Waals surface area contributed by atoms with E-state index in [4.69, 9.17) is 5.11 Å². The highest BCUT2D eigenvalue weighted by Gasteiger charge is 2.82.